The number of aryl methyl sites for hydroxylation is 1. The van der Waals surface area contributed by atoms with E-state index in [0.29, 0.717) is 0 Å². The minimum Gasteiger partial charge on any atom is -0.444 e. The summed E-state index contributed by atoms with van der Waals surface area (Å²) in [5, 5.41) is 7.63. The molecule has 1 N–H and O–H groups in total. The van der Waals surface area contributed by atoms with Crippen molar-refractivity contribution in [3.63, 3.8) is 0 Å². The van der Waals surface area contributed by atoms with Crippen molar-refractivity contribution in [2.24, 2.45) is 7.05 Å². The van der Waals surface area contributed by atoms with Crippen molar-refractivity contribution in [1.82, 2.24) is 14.8 Å². The van der Waals surface area contributed by atoms with Crippen molar-refractivity contribution in [3.05, 3.63) is 54.8 Å². The van der Waals surface area contributed by atoms with Gasteiger partial charge in [-0.05, 0) is 31.2 Å². The highest BCUT2D eigenvalue weighted by Gasteiger charge is 2.07. The molecule has 0 aliphatic carbocycles. The first-order valence-corrected chi connectivity index (χ1v) is 6.46. The minimum absolute atomic E-state index is 0.208. The fraction of sp³-hybridized carbons (Fsp3) is 0.200. The zero-order chi connectivity index (χ0) is 13.9. The first-order valence-electron chi connectivity index (χ1n) is 6.46. The van der Waals surface area contributed by atoms with E-state index < -0.39 is 0 Å². The molecule has 3 rings (SSSR count). The van der Waals surface area contributed by atoms with Gasteiger partial charge in [-0.2, -0.15) is 5.10 Å². The third kappa shape index (κ3) is 2.56. The van der Waals surface area contributed by atoms with Gasteiger partial charge in [-0.1, -0.05) is 0 Å². The molecule has 0 amide bonds. The lowest BCUT2D eigenvalue weighted by Gasteiger charge is -2.13. The maximum absolute atomic E-state index is 5.27. The van der Waals surface area contributed by atoms with Crippen LogP contribution in [0.5, 0.6) is 0 Å². The fourth-order valence-corrected chi connectivity index (χ4v) is 2.09. The van der Waals surface area contributed by atoms with Crippen molar-refractivity contribution in [2.75, 3.05) is 5.32 Å². The van der Waals surface area contributed by atoms with E-state index in [1.54, 1.807) is 10.9 Å². The number of benzene rings is 1. The first kappa shape index (κ1) is 12.5. The van der Waals surface area contributed by atoms with Crippen LogP contribution in [-0.4, -0.2) is 14.8 Å². The van der Waals surface area contributed by atoms with Gasteiger partial charge in [0.15, 0.2) is 12.2 Å². The van der Waals surface area contributed by atoms with Gasteiger partial charge in [0.05, 0.1) is 18.4 Å². The Kier molecular flexibility index (Phi) is 3.25. The van der Waals surface area contributed by atoms with Gasteiger partial charge >= 0.3 is 0 Å². The van der Waals surface area contributed by atoms with Crippen molar-refractivity contribution >= 4 is 5.69 Å². The number of rotatable bonds is 4. The molecule has 0 aliphatic heterocycles. The number of hydrogen-bond donors (Lipinski definition) is 1. The average Bonchev–Trinajstić information content (AvgIpc) is 3.10. The van der Waals surface area contributed by atoms with Crippen LogP contribution in [0.15, 0.2) is 53.7 Å². The maximum atomic E-state index is 5.27. The molecular formula is C15H16N4O. The smallest absolute Gasteiger partial charge is 0.181 e. The molecule has 0 radical (unpaired) electrons. The zero-order valence-corrected chi connectivity index (χ0v) is 11.4. The standard InChI is InChI=1S/C15H16N4O/c1-11(13-7-17-19(2)9-13)18-14-5-3-12(4-6-14)15-8-16-10-20-15/h3-11,18H,1-2H3. The number of nitrogens with one attached hydrogen (secondary N) is 1. The van der Waals surface area contributed by atoms with Crippen LogP contribution in [0.3, 0.4) is 0 Å². The van der Waals surface area contributed by atoms with E-state index in [4.69, 9.17) is 4.42 Å². The Morgan fingerprint density at radius 1 is 1.20 bits per heavy atom. The van der Waals surface area contributed by atoms with Crippen LogP contribution in [0, 0.1) is 0 Å². The molecule has 5 nitrogen and oxygen atoms in total. The van der Waals surface area contributed by atoms with Crippen molar-refractivity contribution in [1.29, 1.82) is 0 Å². The number of anilines is 1. The predicted octanol–water partition coefficient (Wildman–Crippen LogP) is 3.25. The van der Waals surface area contributed by atoms with Gasteiger partial charge in [0.25, 0.3) is 0 Å². The Bertz CT molecular complexity index is 670. The van der Waals surface area contributed by atoms with Gasteiger partial charge in [0.1, 0.15) is 0 Å². The second-order valence-electron chi connectivity index (χ2n) is 4.76. The van der Waals surface area contributed by atoms with E-state index in [2.05, 4.69) is 22.3 Å². The number of hydrogen-bond acceptors (Lipinski definition) is 4. The van der Waals surface area contributed by atoms with Crippen LogP contribution >= 0.6 is 0 Å². The van der Waals surface area contributed by atoms with Crippen molar-refractivity contribution in [3.8, 4) is 11.3 Å². The molecule has 102 valence electrons. The van der Waals surface area contributed by atoms with E-state index in [9.17, 15) is 0 Å². The predicted molar refractivity (Wildman–Crippen MR) is 77.2 cm³/mol. The topological polar surface area (TPSA) is 55.9 Å². The molecule has 0 saturated heterocycles. The maximum Gasteiger partial charge on any atom is 0.181 e. The molecule has 0 saturated carbocycles. The summed E-state index contributed by atoms with van der Waals surface area (Å²) < 4.78 is 7.08. The molecule has 2 heterocycles. The Morgan fingerprint density at radius 3 is 2.60 bits per heavy atom. The molecular weight excluding hydrogens is 252 g/mol. The second kappa shape index (κ2) is 5.21. The molecule has 3 aromatic rings. The van der Waals surface area contributed by atoms with Crippen molar-refractivity contribution < 1.29 is 4.42 Å². The largest absolute Gasteiger partial charge is 0.444 e. The van der Waals surface area contributed by atoms with Crippen LogP contribution < -0.4 is 5.32 Å². The van der Waals surface area contributed by atoms with E-state index in [-0.39, 0.29) is 6.04 Å². The van der Waals surface area contributed by atoms with E-state index >= 15 is 0 Å². The SMILES string of the molecule is CC(Nc1ccc(-c2cnco2)cc1)c1cnn(C)c1. The monoisotopic (exact) mass is 268 g/mol. The summed E-state index contributed by atoms with van der Waals surface area (Å²) in [6.45, 7) is 2.11. The zero-order valence-electron chi connectivity index (χ0n) is 11.4. The van der Waals surface area contributed by atoms with Crippen molar-refractivity contribution in [2.45, 2.75) is 13.0 Å². The summed E-state index contributed by atoms with van der Waals surface area (Å²) in [4.78, 5) is 3.92. The lowest BCUT2D eigenvalue weighted by Crippen LogP contribution is -2.05. The summed E-state index contributed by atoms with van der Waals surface area (Å²) in [6.07, 6.45) is 7.04. The van der Waals surface area contributed by atoms with E-state index in [1.807, 2.05) is 43.7 Å². The van der Waals surface area contributed by atoms with Gasteiger partial charge in [0.2, 0.25) is 0 Å². The Labute approximate surface area is 117 Å². The summed E-state index contributed by atoms with van der Waals surface area (Å²) in [5.74, 6) is 0.775. The molecule has 5 heteroatoms. The molecule has 0 aliphatic rings. The molecule has 0 bridgehead atoms. The minimum atomic E-state index is 0.208. The lowest BCUT2D eigenvalue weighted by molar-refractivity contribution is 0.572. The van der Waals surface area contributed by atoms with Gasteiger partial charge in [-0.15, -0.1) is 0 Å². The number of nitrogens with zero attached hydrogens (tertiary/aromatic N) is 3. The van der Waals surface area contributed by atoms with Crippen LogP contribution in [-0.2, 0) is 7.05 Å². The lowest BCUT2D eigenvalue weighted by atomic mass is 10.1. The van der Waals surface area contributed by atoms with Gasteiger partial charge in [0, 0.05) is 30.1 Å². The van der Waals surface area contributed by atoms with E-state index in [0.717, 1.165) is 22.6 Å². The van der Waals surface area contributed by atoms with Gasteiger partial charge < -0.3 is 9.73 Å². The van der Waals surface area contributed by atoms with Gasteiger partial charge in [-0.3, -0.25) is 4.68 Å². The Balaban J connectivity index is 1.72. The highest BCUT2D eigenvalue weighted by Crippen LogP contribution is 2.23. The fourth-order valence-electron chi connectivity index (χ4n) is 2.09. The number of oxazole rings is 1. The van der Waals surface area contributed by atoms with Gasteiger partial charge in [-0.25, -0.2) is 4.98 Å². The Morgan fingerprint density at radius 2 is 2.00 bits per heavy atom. The third-order valence-electron chi connectivity index (χ3n) is 3.21. The molecule has 1 aromatic carbocycles. The van der Waals surface area contributed by atoms with Crippen LogP contribution in [0.2, 0.25) is 0 Å². The van der Waals surface area contributed by atoms with Crippen LogP contribution in [0.4, 0.5) is 5.69 Å². The first-order chi connectivity index (χ1) is 9.72. The molecule has 2 aromatic heterocycles. The average molecular weight is 268 g/mol. The molecule has 20 heavy (non-hydrogen) atoms. The summed E-state index contributed by atoms with van der Waals surface area (Å²) in [5.41, 5.74) is 3.23. The van der Waals surface area contributed by atoms with Crippen LogP contribution in [0.25, 0.3) is 11.3 Å². The quantitative estimate of drug-likeness (QED) is 0.789. The molecule has 0 spiro atoms. The third-order valence-corrected chi connectivity index (χ3v) is 3.21. The highest BCUT2D eigenvalue weighted by molar-refractivity contribution is 5.60. The Hall–Kier alpha value is -2.56. The molecule has 0 fully saturated rings. The molecule has 1 atom stereocenters. The highest BCUT2D eigenvalue weighted by atomic mass is 16.3. The summed E-state index contributed by atoms with van der Waals surface area (Å²) >= 11 is 0. The normalized spacial score (nSPS) is 12.3. The summed E-state index contributed by atoms with van der Waals surface area (Å²) in [6, 6.07) is 8.30. The van der Waals surface area contributed by atoms with E-state index in [1.165, 1.54) is 6.39 Å². The number of aromatic nitrogens is 3. The summed E-state index contributed by atoms with van der Waals surface area (Å²) in [7, 11) is 1.92. The van der Waals surface area contributed by atoms with Crippen LogP contribution in [0.1, 0.15) is 18.5 Å². The molecule has 1 unspecified atom stereocenters. The second-order valence-corrected chi connectivity index (χ2v) is 4.76.